The van der Waals surface area contributed by atoms with Crippen molar-refractivity contribution in [1.82, 2.24) is 15.5 Å². The van der Waals surface area contributed by atoms with Crippen molar-refractivity contribution in [3.05, 3.63) is 46.0 Å². The van der Waals surface area contributed by atoms with Gasteiger partial charge in [-0.2, -0.15) is 4.98 Å². The molecule has 0 saturated heterocycles. The van der Waals surface area contributed by atoms with Gasteiger partial charge in [-0.05, 0) is 24.2 Å². The number of aromatic nitrogens is 2. The Morgan fingerprint density at radius 3 is 3.06 bits per heavy atom. The molecule has 5 heteroatoms. The summed E-state index contributed by atoms with van der Waals surface area (Å²) in [6.45, 7) is 3.56. The number of nitrogens with one attached hydrogen (secondary N) is 1. The molecule has 4 nitrogen and oxygen atoms in total. The molecule has 0 aliphatic carbocycles. The maximum atomic E-state index is 5.13. The minimum atomic E-state index is 0.627. The first-order valence-corrected chi connectivity index (χ1v) is 6.34. The normalized spacial score (nSPS) is 10.7. The highest BCUT2D eigenvalue weighted by Gasteiger charge is 2.06. The molecule has 0 saturated carbocycles. The summed E-state index contributed by atoms with van der Waals surface area (Å²) in [4.78, 5) is 4.32. The smallest absolute Gasteiger partial charge is 0.240 e. The van der Waals surface area contributed by atoms with Crippen molar-refractivity contribution in [2.75, 3.05) is 6.54 Å². The molecule has 2 aromatic rings. The Hall–Kier alpha value is -1.20. The molecule has 1 aromatic heterocycles. The average Bonchev–Trinajstić information content (AvgIpc) is 2.74. The van der Waals surface area contributed by atoms with Crippen LogP contribution in [-0.4, -0.2) is 16.7 Å². The summed E-state index contributed by atoms with van der Waals surface area (Å²) in [7, 11) is 0. The third-order valence-electron chi connectivity index (χ3n) is 2.29. The molecule has 17 heavy (non-hydrogen) atoms. The molecule has 0 bridgehead atoms. The van der Waals surface area contributed by atoms with E-state index in [0.29, 0.717) is 18.9 Å². The van der Waals surface area contributed by atoms with Crippen molar-refractivity contribution < 1.29 is 4.52 Å². The molecule has 2 rings (SSSR count). The molecule has 0 radical (unpaired) electrons. The van der Waals surface area contributed by atoms with E-state index in [-0.39, 0.29) is 0 Å². The summed E-state index contributed by atoms with van der Waals surface area (Å²) in [6.07, 6.45) is 0.690. The van der Waals surface area contributed by atoms with Crippen LogP contribution in [0.15, 0.2) is 33.3 Å². The highest BCUT2D eigenvalue weighted by Crippen LogP contribution is 2.14. The van der Waals surface area contributed by atoms with Crippen LogP contribution in [-0.2, 0) is 13.0 Å². The van der Waals surface area contributed by atoms with Gasteiger partial charge in [0.2, 0.25) is 5.89 Å². The van der Waals surface area contributed by atoms with Crippen LogP contribution in [0.4, 0.5) is 0 Å². The fraction of sp³-hybridized carbons (Fsp3) is 0.333. The lowest BCUT2D eigenvalue weighted by Gasteiger charge is -1.97. The van der Waals surface area contributed by atoms with Crippen LogP contribution in [0.3, 0.4) is 0 Å². The predicted octanol–water partition coefficient (Wildman–Crippen LogP) is 2.53. The minimum Gasteiger partial charge on any atom is -0.338 e. The van der Waals surface area contributed by atoms with Crippen LogP contribution in [0, 0.1) is 0 Å². The summed E-state index contributed by atoms with van der Waals surface area (Å²) in [5.41, 5.74) is 1.16. The summed E-state index contributed by atoms with van der Waals surface area (Å²) < 4.78 is 6.20. The Labute approximate surface area is 109 Å². The lowest BCUT2D eigenvalue weighted by Crippen LogP contribution is -2.11. The molecule has 0 amide bonds. The van der Waals surface area contributed by atoms with E-state index in [9.17, 15) is 0 Å². The zero-order chi connectivity index (χ0) is 12.1. The summed E-state index contributed by atoms with van der Waals surface area (Å²) >= 11 is 3.44. The molecule has 0 spiro atoms. The number of benzene rings is 1. The van der Waals surface area contributed by atoms with Gasteiger partial charge in [0.05, 0.1) is 6.54 Å². The molecule has 0 aliphatic rings. The second-order valence-corrected chi connectivity index (χ2v) is 4.61. The van der Waals surface area contributed by atoms with Crippen LogP contribution in [0.2, 0.25) is 0 Å². The third-order valence-corrected chi connectivity index (χ3v) is 2.78. The Balaban J connectivity index is 2.01. The number of hydrogen-bond donors (Lipinski definition) is 1. The van der Waals surface area contributed by atoms with E-state index >= 15 is 0 Å². The zero-order valence-electron chi connectivity index (χ0n) is 9.61. The third kappa shape index (κ3) is 3.64. The van der Waals surface area contributed by atoms with Crippen LogP contribution >= 0.6 is 15.9 Å². The quantitative estimate of drug-likeness (QED) is 0.921. The molecule has 1 aromatic carbocycles. The second kappa shape index (κ2) is 5.93. The fourth-order valence-electron chi connectivity index (χ4n) is 1.50. The summed E-state index contributed by atoms with van der Waals surface area (Å²) in [6, 6.07) is 8.10. The van der Waals surface area contributed by atoms with Crippen LogP contribution < -0.4 is 5.32 Å². The lowest BCUT2D eigenvalue weighted by molar-refractivity contribution is 0.365. The number of nitrogens with zero attached hydrogens (tertiary/aromatic N) is 2. The topological polar surface area (TPSA) is 51.0 Å². The van der Waals surface area contributed by atoms with Gasteiger partial charge in [-0.3, -0.25) is 0 Å². The van der Waals surface area contributed by atoms with E-state index in [2.05, 4.69) is 37.5 Å². The van der Waals surface area contributed by atoms with Gasteiger partial charge in [0.15, 0.2) is 5.82 Å². The first-order chi connectivity index (χ1) is 8.28. The standard InChI is InChI=1S/C12H14BrN3O/c1-2-14-8-12-15-11(16-17-12)7-9-4-3-5-10(13)6-9/h3-6,14H,2,7-8H2,1H3. The van der Waals surface area contributed by atoms with Gasteiger partial charge < -0.3 is 9.84 Å². The molecular formula is C12H14BrN3O. The molecule has 0 unspecified atom stereocenters. The van der Waals surface area contributed by atoms with Gasteiger partial charge >= 0.3 is 0 Å². The lowest BCUT2D eigenvalue weighted by atomic mass is 10.1. The Morgan fingerprint density at radius 2 is 2.29 bits per heavy atom. The van der Waals surface area contributed by atoms with E-state index in [1.807, 2.05) is 25.1 Å². The molecule has 0 fully saturated rings. The van der Waals surface area contributed by atoms with Crippen molar-refractivity contribution in [3.63, 3.8) is 0 Å². The SMILES string of the molecule is CCNCc1nc(Cc2cccc(Br)c2)no1. The minimum absolute atomic E-state index is 0.627. The monoisotopic (exact) mass is 295 g/mol. The summed E-state index contributed by atoms with van der Waals surface area (Å²) in [5, 5.41) is 7.10. The first kappa shape index (κ1) is 12.3. The van der Waals surface area contributed by atoms with E-state index < -0.39 is 0 Å². The average molecular weight is 296 g/mol. The van der Waals surface area contributed by atoms with Crippen molar-refractivity contribution in [1.29, 1.82) is 0 Å². The fourth-order valence-corrected chi connectivity index (χ4v) is 1.94. The number of halogens is 1. The first-order valence-electron chi connectivity index (χ1n) is 5.54. The van der Waals surface area contributed by atoms with Gasteiger partial charge in [0, 0.05) is 10.9 Å². The maximum absolute atomic E-state index is 5.13. The van der Waals surface area contributed by atoms with E-state index in [0.717, 1.165) is 22.4 Å². The van der Waals surface area contributed by atoms with Gasteiger partial charge in [-0.1, -0.05) is 40.1 Å². The van der Waals surface area contributed by atoms with Crippen molar-refractivity contribution in [2.24, 2.45) is 0 Å². The van der Waals surface area contributed by atoms with Crippen LogP contribution in [0.5, 0.6) is 0 Å². The summed E-state index contributed by atoms with van der Waals surface area (Å²) in [5.74, 6) is 1.35. The van der Waals surface area contributed by atoms with Crippen LogP contribution in [0.25, 0.3) is 0 Å². The van der Waals surface area contributed by atoms with E-state index in [4.69, 9.17) is 4.52 Å². The van der Waals surface area contributed by atoms with E-state index in [1.54, 1.807) is 0 Å². The Kier molecular flexibility index (Phi) is 4.28. The van der Waals surface area contributed by atoms with E-state index in [1.165, 1.54) is 0 Å². The molecular weight excluding hydrogens is 282 g/mol. The van der Waals surface area contributed by atoms with Gasteiger partial charge in [0.1, 0.15) is 0 Å². The van der Waals surface area contributed by atoms with Crippen molar-refractivity contribution in [2.45, 2.75) is 19.9 Å². The van der Waals surface area contributed by atoms with Gasteiger partial charge in [-0.15, -0.1) is 0 Å². The Morgan fingerprint density at radius 1 is 1.41 bits per heavy atom. The number of hydrogen-bond acceptors (Lipinski definition) is 4. The maximum Gasteiger partial charge on any atom is 0.240 e. The molecule has 90 valence electrons. The second-order valence-electron chi connectivity index (χ2n) is 3.69. The molecule has 0 atom stereocenters. The molecule has 1 N–H and O–H groups in total. The largest absolute Gasteiger partial charge is 0.338 e. The molecule has 1 heterocycles. The van der Waals surface area contributed by atoms with Gasteiger partial charge in [-0.25, -0.2) is 0 Å². The Bertz CT molecular complexity index is 484. The highest BCUT2D eigenvalue weighted by molar-refractivity contribution is 9.10. The molecule has 0 aliphatic heterocycles. The van der Waals surface area contributed by atoms with Gasteiger partial charge in [0.25, 0.3) is 0 Å². The number of rotatable bonds is 5. The van der Waals surface area contributed by atoms with Crippen molar-refractivity contribution in [3.8, 4) is 0 Å². The van der Waals surface area contributed by atoms with Crippen LogP contribution in [0.1, 0.15) is 24.2 Å². The van der Waals surface area contributed by atoms with Crippen molar-refractivity contribution >= 4 is 15.9 Å². The highest BCUT2D eigenvalue weighted by atomic mass is 79.9. The zero-order valence-corrected chi connectivity index (χ0v) is 11.2. The predicted molar refractivity (Wildman–Crippen MR) is 68.6 cm³/mol.